The number of alkyl halides is 3. The second-order valence-electron chi connectivity index (χ2n) is 10.4. The van der Waals surface area contributed by atoms with Gasteiger partial charge in [0.2, 0.25) is 5.75 Å². The number of aromatic nitrogens is 4. The molecule has 0 aliphatic heterocycles. The Hall–Kier alpha value is -5.28. The smallest absolute Gasteiger partial charge is 0.420 e. The molecule has 3 aromatic heterocycles. The maximum atomic E-state index is 13.8. The highest BCUT2D eigenvalue weighted by molar-refractivity contribution is 7.85. The van der Waals surface area contributed by atoms with Crippen LogP contribution in [0.3, 0.4) is 0 Å². The first-order chi connectivity index (χ1) is 23.0. The Morgan fingerprint density at radius 3 is 2.47 bits per heavy atom. The fourth-order valence-electron chi connectivity index (χ4n) is 4.39. The zero-order valence-electron chi connectivity index (χ0n) is 25.7. The average Bonchev–Trinajstić information content (AvgIpc) is 3.40. The van der Waals surface area contributed by atoms with Crippen molar-refractivity contribution in [2.45, 2.75) is 24.5 Å². The molecule has 2 aromatic carbocycles. The number of halogens is 4. The van der Waals surface area contributed by atoms with Crippen molar-refractivity contribution in [3.63, 3.8) is 0 Å². The molecular weight excluding hydrogens is 691 g/mol. The summed E-state index contributed by atoms with van der Waals surface area (Å²) in [5.74, 6) is -1.23. The molecule has 18 heteroatoms. The predicted molar refractivity (Wildman–Crippen MR) is 172 cm³/mol. The molecule has 0 bridgehead atoms. The Morgan fingerprint density at radius 1 is 1.16 bits per heavy atom. The van der Waals surface area contributed by atoms with Crippen molar-refractivity contribution >= 4 is 38.8 Å². The van der Waals surface area contributed by atoms with Crippen molar-refractivity contribution in [2.75, 3.05) is 20.1 Å². The SMILES string of the molecule is CN(CCN)C(=O)n1nc(Cn2ccc(C(F)(F)F)c(Oc3cc(Cl)cc(C#N)c3)c2=O)c2cccnc21.Cc1ccc(S(=O)(=O)O)cc1. The lowest BCUT2D eigenvalue weighted by Crippen LogP contribution is -2.35. The molecule has 0 radical (unpaired) electrons. The number of amides is 1. The number of hydrogen-bond acceptors (Lipinski definition) is 9. The number of nitrogens with two attached hydrogens (primary N) is 1. The van der Waals surface area contributed by atoms with E-state index in [0.29, 0.717) is 11.5 Å². The molecular formula is C31H27ClF3N7O6S. The molecule has 0 saturated carbocycles. The Labute approximate surface area is 282 Å². The van der Waals surface area contributed by atoms with Crippen LogP contribution >= 0.6 is 11.6 Å². The molecule has 5 rings (SSSR count). The third kappa shape index (κ3) is 8.80. The monoisotopic (exact) mass is 717 g/mol. The van der Waals surface area contributed by atoms with Gasteiger partial charge in [0.05, 0.1) is 28.8 Å². The van der Waals surface area contributed by atoms with Crippen LogP contribution in [-0.4, -0.2) is 63.4 Å². The molecule has 256 valence electrons. The minimum absolute atomic E-state index is 0.0334. The van der Waals surface area contributed by atoms with Crippen LogP contribution in [0.25, 0.3) is 11.0 Å². The maximum absolute atomic E-state index is 13.8. The van der Waals surface area contributed by atoms with Gasteiger partial charge in [-0.3, -0.25) is 9.35 Å². The van der Waals surface area contributed by atoms with Gasteiger partial charge in [0.1, 0.15) is 11.3 Å². The van der Waals surface area contributed by atoms with Crippen molar-refractivity contribution in [1.82, 2.24) is 24.2 Å². The van der Waals surface area contributed by atoms with Crippen LogP contribution in [0.4, 0.5) is 18.0 Å². The van der Waals surface area contributed by atoms with Crippen LogP contribution in [-0.2, 0) is 22.8 Å². The molecule has 0 unspecified atom stereocenters. The third-order valence-corrected chi connectivity index (χ3v) is 7.86. The fraction of sp³-hybridized carbons (Fsp3) is 0.194. The van der Waals surface area contributed by atoms with Gasteiger partial charge >= 0.3 is 12.2 Å². The molecule has 0 aliphatic carbocycles. The van der Waals surface area contributed by atoms with E-state index in [1.807, 2.05) is 13.0 Å². The highest BCUT2D eigenvalue weighted by Crippen LogP contribution is 2.36. The maximum Gasteiger partial charge on any atom is 0.420 e. The van der Waals surface area contributed by atoms with E-state index >= 15 is 0 Å². The van der Waals surface area contributed by atoms with E-state index in [4.69, 9.17) is 31.9 Å². The van der Waals surface area contributed by atoms with E-state index in [9.17, 15) is 31.2 Å². The molecule has 0 fully saturated rings. The Kier molecular flexibility index (Phi) is 11.1. The molecule has 0 atom stereocenters. The number of pyridine rings is 2. The van der Waals surface area contributed by atoms with E-state index in [2.05, 4.69) is 10.1 Å². The van der Waals surface area contributed by atoms with Gasteiger partial charge in [-0.2, -0.15) is 36.6 Å². The lowest BCUT2D eigenvalue weighted by molar-refractivity contribution is -0.138. The average molecular weight is 718 g/mol. The van der Waals surface area contributed by atoms with Crippen molar-refractivity contribution in [3.05, 3.63) is 111 Å². The molecule has 0 spiro atoms. The van der Waals surface area contributed by atoms with Crippen LogP contribution in [0.15, 0.2) is 82.7 Å². The first kappa shape index (κ1) is 36.6. The number of ether oxygens (including phenoxy) is 1. The van der Waals surface area contributed by atoms with Gasteiger partial charge in [-0.05, 0) is 55.5 Å². The number of fused-ring (bicyclic) bond motifs is 1. The Bertz CT molecular complexity index is 2220. The molecule has 0 saturated heterocycles. The number of hydrogen-bond donors (Lipinski definition) is 2. The first-order valence-corrected chi connectivity index (χ1v) is 15.9. The number of likely N-dealkylation sites (N-methyl/N-ethyl adjacent to an activating group) is 1. The van der Waals surface area contributed by atoms with Gasteiger partial charge in [-0.25, -0.2) is 9.78 Å². The zero-order valence-corrected chi connectivity index (χ0v) is 27.3. The van der Waals surface area contributed by atoms with Gasteiger partial charge in [0.15, 0.2) is 5.65 Å². The topological polar surface area (TPSA) is 186 Å². The second-order valence-corrected chi connectivity index (χ2v) is 12.3. The molecule has 3 N–H and O–H groups in total. The van der Waals surface area contributed by atoms with E-state index in [1.165, 1.54) is 42.4 Å². The second kappa shape index (κ2) is 14.9. The summed E-state index contributed by atoms with van der Waals surface area (Å²) in [4.78, 5) is 31.6. The minimum atomic E-state index is -4.91. The predicted octanol–water partition coefficient (Wildman–Crippen LogP) is 5.08. The summed E-state index contributed by atoms with van der Waals surface area (Å²) in [6.07, 6.45) is -2.50. The number of carbonyl (C=O) groups is 1. The summed E-state index contributed by atoms with van der Waals surface area (Å²) in [5.41, 5.74) is 4.51. The van der Waals surface area contributed by atoms with Gasteiger partial charge in [0.25, 0.3) is 15.7 Å². The Morgan fingerprint density at radius 2 is 1.86 bits per heavy atom. The van der Waals surface area contributed by atoms with Gasteiger partial charge in [-0.15, -0.1) is 0 Å². The number of carbonyl (C=O) groups excluding carboxylic acids is 1. The quantitative estimate of drug-likeness (QED) is 0.215. The van der Waals surface area contributed by atoms with Crippen LogP contribution in [0.5, 0.6) is 11.5 Å². The van der Waals surface area contributed by atoms with E-state index < -0.39 is 39.2 Å². The number of rotatable bonds is 7. The van der Waals surface area contributed by atoms with E-state index in [1.54, 1.807) is 24.3 Å². The Balaban J connectivity index is 0.000000418. The molecule has 13 nitrogen and oxygen atoms in total. The van der Waals surface area contributed by atoms with E-state index in [0.717, 1.165) is 27.1 Å². The van der Waals surface area contributed by atoms with Crippen molar-refractivity contribution in [2.24, 2.45) is 5.73 Å². The summed E-state index contributed by atoms with van der Waals surface area (Å²) in [7, 11) is -2.49. The molecule has 0 aliphatic rings. The minimum Gasteiger partial charge on any atom is -0.451 e. The molecule has 49 heavy (non-hydrogen) atoms. The summed E-state index contributed by atoms with van der Waals surface area (Å²) in [6, 6.07) is 14.8. The highest BCUT2D eigenvalue weighted by atomic mass is 35.5. The third-order valence-electron chi connectivity index (χ3n) is 6.78. The first-order valence-electron chi connectivity index (χ1n) is 14.0. The van der Waals surface area contributed by atoms with Crippen LogP contribution in [0.2, 0.25) is 5.02 Å². The van der Waals surface area contributed by atoms with E-state index in [-0.39, 0.29) is 52.2 Å². The zero-order chi connectivity index (χ0) is 36.1. The fourth-order valence-corrected chi connectivity index (χ4v) is 5.09. The largest absolute Gasteiger partial charge is 0.451 e. The lowest BCUT2D eigenvalue weighted by Gasteiger charge is -2.16. The molecule has 1 amide bonds. The van der Waals surface area contributed by atoms with Crippen LogP contribution < -0.4 is 16.0 Å². The van der Waals surface area contributed by atoms with Crippen molar-refractivity contribution < 1.29 is 35.7 Å². The lowest BCUT2D eigenvalue weighted by atomic mass is 10.2. The molecule has 3 heterocycles. The van der Waals surface area contributed by atoms with Gasteiger partial charge in [0, 0.05) is 42.9 Å². The standard InChI is InChI=1S/C24H19ClF3N7O3.C7H8O3S/c1-33(8-5-29)23(37)35-21-17(3-2-6-31-21)19(32-35)13-34-7-4-18(24(26,27)28)20(22(34)36)38-16-10-14(12-30)9-15(25)11-16;1-6-2-4-7(5-3-6)11(8,9)10/h2-4,6-7,9-11H,5,8,13,29H2,1H3;2-5H,1H3,(H,8,9,10). The summed E-state index contributed by atoms with van der Waals surface area (Å²) >= 11 is 5.94. The van der Waals surface area contributed by atoms with Gasteiger partial charge < -0.3 is 19.9 Å². The summed E-state index contributed by atoms with van der Waals surface area (Å²) in [5, 5.41) is 13.9. The number of aryl methyl sites for hydroxylation is 1. The number of nitriles is 1. The summed E-state index contributed by atoms with van der Waals surface area (Å²) in [6.45, 7) is 2.01. The number of benzene rings is 2. The van der Waals surface area contributed by atoms with Crippen LogP contribution in [0.1, 0.15) is 22.4 Å². The molecule has 5 aromatic rings. The summed E-state index contributed by atoms with van der Waals surface area (Å²) < 4.78 is 78.2. The number of nitrogens with zero attached hydrogens (tertiary/aromatic N) is 6. The normalized spacial score (nSPS) is 11.4. The van der Waals surface area contributed by atoms with Crippen LogP contribution in [0, 0.1) is 18.3 Å². The van der Waals surface area contributed by atoms with Crippen molar-refractivity contribution in [1.29, 1.82) is 5.26 Å². The highest BCUT2D eigenvalue weighted by Gasteiger charge is 2.37. The van der Waals surface area contributed by atoms with Crippen molar-refractivity contribution in [3.8, 4) is 17.6 Å². The van der Waals surface area contributed by atoms with Gasteiger partial charge in [-0.1, -0.05) is 29.3 Å².